The minimum absolute atomic E-state index is 0.0192. The molecule has 0 aromatic heterocycles. The van der Waals surface area contributed by atoms with Crippen LogP contribution in [0.15, 0.2) is 29.2 Å². The number of hydrogen-bond donors (Lipinski definition) is 1. The van der Waals surface area contributed by atoms with Crippen molar-refractivity contribution in [1.29, 1.82) is 0 Å². The lowest BCUT2D eigenvalue weighted by atomic mass is 9.49. The number of carbonyl (C=O) groups excluding carboxylic acids is 1. The summed E-state index contributed by atoms with van der Waals surface area (Å²) in [4.78, 5) is 14.6. The number of carbonyl (C=O) groups is 1. The summed E-state index contributed by atoms with van der Waals surface area (Å²) in [5, 5.41) is 3.21. The second-order valence-electron chi connectivity index (χ2n) is 10.3. The average Bonchev–Trinajstić information content (AvgIpc) is 2.72. The van der Waals surface area contributed by atoms with Crippen LogP contribution in [0.1, 0.15) is 38.5 Å². The maximum absolute atomic E-state index is 13.4. The zero-order chi connectivity index (χ0) is 21.6. The number of piperazine rings is 1. The van der Waals surface area contributed by atoms with E-state index in [0.29, 0.717) is 38.1 Å². The molecule has 1 saturated heterocycles. The maximum Gasteiger partial charge on any atom is 0.243 e. The van der Waals surface area contributed by atoms with E-state index in [1.54, 1.807) is 0 Å². The lowest BCUT2D eigenvalue weighted by Gasteiger charge is -2.57. The third-order valence-electron chi connectivity index (χ3n) is 7.96. The van der Waals surface area contributed by atoms with Crippen LogP contribution in [0.4, 0.5) is 4.39 Å². The van der Waals surface area contributed by atoms with Crippen molar-refractivity contribution in [2.24, 2.45) is 23.2 Å². The first-order valence-corrected chi connectivity index (χ1v) is 13.0. The van der Waals surface area contributed by atoms with Crippen LogP contribution in [0.25, 0.3) is 0 Å². The van der Waals surface area contributed by atoms with Gasteiger partial charge in [-0.2, -0.15) is 4.31 Å². The second kappa shape index (κ2) is 8.12. The van der Waals surface area contributed by atoms with Crippen molar-refractivity contribution in [3.05, 3.63) is 30.1 Å². The first-order chi connectivity index (χ1) is 14.8. The number of rotatable bonds is 6. The highest BCUT2D eigenvalue weighted by molar-refractivity contribution is 7.89. The van der Waals surface area contributed by atoms with Gasteiger partial charge in [-0.1, -0.05) is 6.07 Å². The Kier molecular flexibility index (Phi) is 5.59. The highest BCUT2D eigenvalue weighted by Crippen LogP contribution is 2.59. The fourth-order valence-electron chi connectivity index (χ4n) is 6.96. The van der Waals surface area contributed by atoms with Gasteiger partial charge in [-0.25, -0.2) is 12.8 Å². The largest absolute Gasteiger partial charge is 0.354 e. The Morgan fingerprint density at radius 2 is 1.65 bits per heavy atom. The van der Waals surface area contributed by atoms with Gasteiger partial charge in [0.25, 0.3) is 0 Å². The third-order valence-corrected chi connectivity index (χ3v) is 9.85. The fourth-order valence-corrected chi connectivity index (χ4v) is 8.41. The van der Waals surface area contributed by atoms with Gasteiger partial charge in [0.05, 0.1) is 11.4 Å². The molecule has 1 aromatic carbocycles. The minimum Gasteiger partial charge on any atom is -0.354 e. The molecule has 6 rings (SSSR count). The number of nitrogens with zero attached hydrogens (tertiary/aromatic N) is 2. The normalized spacial score (nSPS) is 33.5. The Morgan fingerprint density at radius 3 is 2.23 bits per heavy atom. The average molecular weight is 450 g/mol. The second-order valence-corrected chi connectivity index (χ2v) is 12.3. The van der Waals surface area contributed by atoms with Gasteiger partial charge in [0.1, 0.15) is 5.82 Å². The van der Waals surface area contributed by atoms with Gasteiger partial charge in [-0.05, 0) is 79.9 Å². The SMILES string of the molecule is O=C(CN1CCN(S(=O)(=O)c2cccc(F)c2)CC1)NCC12CC3CC(CC(C3)C1)C2. The van der Waals surface area contributed by atoms with Crippen LogP contribution in [-0.4, -0.2) is 62.8 Å². The Morgan fingerprint density at radius 1 is 1.03 bits per heavy atom. The molecule has 1 heterocycles. The standard InChI is InChI=1S/C23H32FN3O3S/c24-20-2-1-3-21(11-20)31(29,30)27-6-4-26(5-7-27)15-22(28)25-16-23-12-17-8-18(13-23)10-19(9-17)14-23/h1-3,11,17-19H,4-10,12-16H2,(H,25,28). The van der Waals surface area contributed by atoms with Gasteiger partial charge in [-0.15, -0.1) is 0 Å². The van der Waals surface area contributed by atoms with E-state index in [4.69, 9.17) is 0 Å². The molecular weight excluding hydrogens is 417 g/mol. The first-order valence-electron chi connectivity index (χ1n) is 11.6. The Labute approximate surface area is 184 Å². The lowest BCUT2D eigenvalue weighted by Crippen LogP contribution is -2.53. The quantitative estimate of drug-likeness (QED) is 0.724. The molecule has 0 radical (unpaired) electrons. The number of amides is 1. The smallest absolute Gasteiger partial charge is 0.243 e. The molecule has 8 heteroatoms. The molecule has 4 aliphatic carbocycles. The van der Waals surface area contributed by atoms with Crippen LogP contribution in [0, 0.1) is 29.0 Å². The Balaban J connectivity index is 1.11. The summed E-state index contributed by atoms with van der Waals surface area (Å²) >= 11 is 0. The van der Waals surface area contributed by atoms with E-state index in [1.165, 1.54) is 61.0 Å². The van der Waals surface area contributed by atoms with Gasteiger partial charge in [0.2, 0.25) is 15.9 Å². The minimum atomic E-state index is -3.71. The molecule has 5 fully saturated rings. The van der Waals surface area contributed by atoms with Crippen molar-refractivity contribution in [2.45, 2.75) is 43.4 Å². The monoisotopic (exact) mass is 449 g/mol. The number of sulfonamides is 1. The highest BCUT2D eigenvalue weighted by Gasteiger charge is 2.50. The summed E-state index contributed by atoms with van der Waals surface area (Å²) in [5.41, 5.74) is 0.322. The van der Waals surface area contributed by atoms with E-state index in [1.807, 2.05) is 4.90 Å². The van der Waals surface area contributed by atoms with Crippen LogP contribution in [0.2, 0.25) is 0 Å². The van der Waals surface area contributed by atoms with Gasteiger partial charge in [0, 0.05) is 32.7 Å². The summed E-state index contributed by atoms with van der Waals surface area (Å²) in [6.45, 7) is 2.71. The molecule has 1 aliphatic heterocycles. The van der Waals surface area contributed by atoms with Crippen LogP contribution < -0.4 is 5.32 Å². The molecule has 1 aromatic rings. The molecule has 0 atom stereocenters. The molecule has 0 unspecified atom stereocenters. The zero-order valence-corrected chi connectivity index (χ0v) is 18.7. The van der Waals surface area contributed by atoms with E-state index in [9.17, 15) is 17.6 Å². The molecule has 5 aliphatic rings. The van der Waals surface area contributed by atoms with E-state index in [0.717, 1.165) is 30.4 Å². The fraction of sp³-hybridized carbons (Fsp3) is 0.696. The predicted molar refractivity (Wildman–Crippen MR) is 115 cm³/mol. The van der Waals surface area contributed by atoms with Crippen LogP contribution in [-0.2, 0) is 14.8 Å². The molecule has 1 N–H and O–H groups in total. The van der Waals surface area contributed by atoms with Crippen molar-refractivity contribution in [1.82, 2.24) is 14.5 Å². The summed E-state index contributed by atoms with van der Waals surface area (Å²) in [6.07, 6.45) is 8.02. The van der Waals surface area contributed by atoms with E-state index in [2.05, 4.69) is 5.32 Å². The van der Waals surface area contributed by atoms with E-state index >= 15 is 0 Å². The summed E-state index contributed by atoms with van der Waals surface area (Å²) in [5.74, 6) is 2.09. The summed E-state index contributed by atoms with van der Waals surface area (Å²) in [7, 11) is -3.71. The molecule has 170 valence electrons. The van der Waals surface area contributed by atoms with Crippen molar-refractivity contribution in [3.8, 4) is 0 Å². The highest BCUT2D eigenvalue weighted by atomic mass is 32.2. The Bertz CT molecular complexity index is 908. The number of nitrogens with one attached hydrogen (secondary N) is 1. The third kappa shape index (κ3) is 4.39. The molecule has 31 heavy (non-hydrogen) atoms. The van der Waals surface area contributed by atoms with E-state index < -0.39 is 15.8 Å². The van der Waals surface area contributed by atoms with Gasteiger partial charge in [-0.3, -0.25) is 9.69 Å². The van der Waals surface area contributed by atoms with Crippen LogP contribution >= 0.6 is 0 Å². The van der Waals surface area contributed by atoms with Crippen LogP contribution in [0.5, 0.6) is 0 Å². The molecule has 4 bridgehead atoms. The summed E-state index contributed by atoms with van der Waals surface area (Å²) in [6, 6.07) is 5.12. The van der Waals surface area contributed by atoms with E-state index in [-0.39, 0.29) is 10.8 Å². The molecular formula is C23H32FN3O3S. The van der Waals surface area contributed by atoms with Gasteiger partial charge < -0.3 is 5.32 Å². The maximum atomic E-state index is 13.4. The molecule has 6 nitrogen and oxygen atoms in total. The molecule has 4 saturated carbocycles. The number of benzene rings is 1. The van der Waals surface area contributed by atoms with Gasteiger partial charge in [0.15, 0.2) is 0 Å². The predicted octanol–water partition coefficient (Wildman–Crippen LogP) is 2.46. The molecule has 0 spiro atoms. The molecule has 1 amide bonds. The zero-order valence-electron chi connectivity index (χ0n) is 17.9. The van der Waals surface area contributed by atoms with Crippen molar-refractivity contribution in [2.75, 3.05) is 39.3 Å². The lowest BCUT2D eigenvalue weighted by molar-refractivity contribution is -0.124. The van der Waals surface area contributed by atoms with Gasteiger partial charge >= 0.3 is 0 Å². The number of halogens is 1. The van der Waals surface area contributed by atoms with Crippen LogP contribution in [0.3, 0.4) is 0 Å². The van der Waals surface area contributed by atoms with Crippen molar-refractivity contribution >= 4 is 15.9 Å². The first kappa shape index (κ1) is 21.3. The van der Waals surface area contributed by atoms with Crippen molar-refractivity contribution < 1.29 is 17.6 Å². The number of hydrogen-bond acceptors (Lipinski definition) is 4. The van der Waals surface area contributed by atoms with Crippen molar-refractivity contribution in [3.63, 3.8) is 0 Å². The topological polar surface area (TPSA) is 69.7 Å². The summed E-state index contributed by atoms with van der Waals surface area (Å²) < 4.78 is 40.3. The Hall–Kier alpha value is -1.51.